The second-order valence-corrected chi connectivity index (χ2v) is 7.42. The van der Waals surface area contributed by atoms with Gasteiger partial charge in [-0.2, -0.15) is 0 Å². The van der Waals surface area contributed by atoms with E-state index in [0.717, 1.165) is 5.56 Å². The Bertz CT molecular complexity index is 689. The van der Waals surface area contributed by atoms with E-state index in [1.54, 1.807) is 6.08 Å². The number of carbonyl (C=O) groups excluding carboxylic acids is 1. The summed E-state index contributed by atoms with van der Waals surface area (Å²) in [5, 5.41) is 3.56. The summed E-state index contributed by atoms with van der Waals surface area (Å²) < 4.78 is 5.68. The molecule has 138 valence electrons. The molecule has 0 bridgehead atoms. The van der Waals surface area contributed by atoms with Crippen molar-refractivity contribution < 1.29 is 9.53 Å². The van der Waals surface area contributed by atoms with Crippen LogP contribution in [0, 0.1) is 5.92 Å². The summed E-state index contributed by atoms with van der Waals surface area (Å²) in [6.45, 7) is 10.2. The molecule has 0 spiro atoms. The predicted octanol–water partition coefficient (Wildman–Crippen LogP) is 5.05. The zero-order valence-electron chi connectivity index (χ0n) is 15.9. The van der Waals surface area contributed by atoms with Crippen LogP contribution in [-0.4, -0.2) is 11.6 Å². The van der Waals surface area contributed by atoms with Gasteiger partial charge in [-0.15, -0.1) is 6.58 Å². The Morgan fingerprint density at radius 3 is 2.19 bits per heavy atom. The molecule has 0 amide bonds. The minimum atomic E-state index is -0.517. The van der Waals surface area contributed by atoms with E-state index in [0.29, 0.717) is 13.0 Å². The summed E-state index contributed by atoms with van der Waals surface area (Å²) >= 11 is 0. The normalized spacial score (nSPS) is 13.7. The van der Waals surface area contributed by atoms with Crippen molar-refractivity contribution >= 4 is 5.97 Å². The number of esters is 1. The first-order valence-corrected chi connectivity index (χ1v) is 9.06. The van der Waals surface area contributed by atoms with Crippen molar-refractivity contribution in [2.75, 3.05) is 0 Å². The lowest BCUT2D eigenvalue weighted by Crippen LogP contribution is -2.37. The highest BCUT2D eigenvalue weighted by molar-refractivity contribution is 5.74. The van der Waals surface area contributed by atoms with E-state index in [-0.39, 0.29) is 17.9 Å². The van der Waals surface area contributed by atoms with Crippen LogP contribution in [0.3, 0.4) is 0 Å². The molecule has 2 atom stereocenters. The summed E-state index contributed by atoms with van der Waals surface area (Å²) in [6, 6.07) is 20.1. The van der Waals surface area contributed by atoms with Crippen LogP contribution in [0.4, 0.5) is 0 Å². The summed E-state index contributed by atoms with van der Waals surface area (Å²) in [4.78, 5) is 12.9. The lowest BCUT2D eigenvalue weighted by Gasteiger charge is -2.30. The van der Waals surface area contributed by atoms with Crippen LogP contribution >= 0.6 is 0 Å². The summed E-state index contributed by atoms with van der Waals surface area (Å²) in [5.74, 6) is -0.537. The van der Waals surface area contributed by atoms with E-state index in [1.165, 1.54) is 5.56 Å². The molecule has 0 aromatic heterocycles. The second-order valence-electron chi connectivity index (χ2n) is 7.42. The lowest BCUT2D eigenvalue weighted by molar-refractivity contribution is -0.161. The highest BCUT2D eigenvalue weighted by Crippen LogP contribution is 2.28. The van der Waals surface area contributed by atoms with E-state index < -0.39 is 5.60 Å². The average molecular weight is 351 g/mol. The van der Waals surface area contributed by atoms with Gasteiger partial charge in [0.25, 0.3) is 0 Å². The monoisotopic (exact) mass is 351 g/mol. The van der Waals surface area contributed by atoms with Crippen molar-refractivity contribution in [2.24, 2.45) is 5.92 Å². The van der Waals surface area contributed by atoms with Gasteiger partial charge in [-0.25, -0.2) is 0 Å². The van der Waals surface area contributed by atoms with Crippen LogP contribution in [0.25, 0.3) is 0 Å². The molecule has 3 nitrogen and oxygen atoms in total. The van der Waals surface area contributed by atoms with Crippen molar-refractivity contribution in [3.63, 3.8) is 0 Å². The lowest BCUT2D eigenvalue weighted by atomic mass is 9.89. The molecule has 2 rings (SSSR count). The molecule has 0 aliphatic carbocycles. The fourth-order valence-corrected chi connectivity index (χ4v) is 2.90. The SMILES string of the molecule is C=CC[C@@H](C(=O)OC(C)(C)C)[C@@H](NCc1ccccc1)c1ccccc1. The second kappa shape index (κ2) is 9.35. The molecule has 0 saturated heterocycles. The van der Waals surface area contributed by atoms with E-state index >= 15 is 0 Å². The van der Waals surface area contributed by atoms with Crippen LogP contribution in [0.5, 0.6) is 0 Å². The number of benzene rings is 2. The minimum Gasteiger partial charge on any atom is -0.460 e. The molecule has 1 N–H and O–H groups in total. The maximum Gasteiger partial charge on any atom is 0.311 e. The Kier molecular flexibility index (Phi) is 7.16. The molecule has 3 heteroatoms. The van der Waals surface area contributed by atoms with Gasteiger partial charge < -0.3 is 10.1 Å². The maximum atomic E-state index is 12.9. The Morgan fingerprint density at radius 1 is 1.08 bits per heavy atom. The van der Waals surface area contributed by atoms with Crippen LogP contribution in [0.1, 0.15) is 44.4 Å². The molecule has 2 aromatic carbocycles. The number of carbonyl (C=O) groups is 1. The molecule has 0 radical (unpaired) electrons. The number of nitrogens with one attached hydrogen (secondary N) is 1. The van der Waals surface area contributed by atoms with Gasteiger partial charge in [0.2, 0.25) is 0 Å². The van der Waals surface area contributed by atoms with E-state index in [2.05, 4.69) is 24.0 Å². The fraction of sp³-hybridized carbons (Fsp3) is 0.348. The van der Waals surface area contributed by atoms with Gasteiger partial charge in [0, 0.05) is 12.6 Å². The first-order valence-electron chi connectivity index (χ1n) is 9.06. The molecule has 26 heavy (non-hydrogen) atoms. The first kappa shape index (κ1) is 19.9. The summed E-state index contributed by atoms with van der Waals surface area (Å²) in [6.07, 6.45) is 2.34. The zero-order valence-corrected chi connectivity index (χ0v) is 15.9. The topological polar surface area (TPSA) is 38.3 Å². The van der Waals surface area contributed by atoms with E-state index in [9.17, 15) is 4.79 Å². The number of rotatable bonds is 8. The average Bonchev–Trinajstić information content (AvgIpc) is 2.61. The molecule has 0 aliphatic rings. The number of hydrogen-bond acceptors (Lipinski definition) is 3. The Hall–Kier alpha value is -2.39. The predicted molar refractivity (Wildman–Crippen MR) is 107 cm³/mol. The van der Waals surface area contributed by atoms with E-state index in [1.807, 2.05) is 69.3 Å². The Labute approximate surface area is 157 Å². The number of ether oxygens (including phenoxy) is 1. The van der Waals surface area contributed by atoms with Gasteiger partial charge in [-0.1, -0.05) is 66.7 Å². The smallest absolute Gasteiger partial charge is 0.311 e. The van der Waals surface area contributed by atoms with Gasteiger partial charge in [-0.3, -0.25) is 4.79 Å². The quantitative estimate of drug-likeness (QED) is 0.534. The first-order chi connectivity index (χ1) is 12.4. The fourth-order valence-electron chi connectivity index (χ4n) is 2.90. The molecule has 0 unspecified atom stereocenters. The zero-order chi connectivity index (χ0) is 19.0. The Balaban J connectivity index is 2.26. The third-order valence-electron chi connectivity index (χ3n) is 4.06. The van der Waals surface area contributed by atoms with Crippen molar-refractivity contribution in [1.82, 2.24) is 5.32 Å². The van der Waals surface area contributed by atoms with Crippen molar-refractivity contribution in [2.45, 2.75) is 45.4 Å². The minimum absolute atomic E-state index is 0.149. The van der Waals surface area contributed by atoms with Crippen molar-refractivity contribution in [3.05, 3.63) is 84.4 Å². The van der Waals surface area contributed by atoms with Gasteiger partial charge in [0.1, 0.15) is 5.60 Å². The van der Waals surface area contributed by atoms with E-state index in [4.69, 9.17) is 4.74 Å². The highest BCUT2D eigenvalue weighted by atomic mass is 16.6. The van der Waals surface area contributed by atoms with Crippen LogP contribution in [0.2, 0.25) is 0 Å². The van der Waals surface area contributed by atoms with Crippen LogP contribution in [-0.2, 0) is 16.1 Å². The number of allylic oxidation sites excluding steroid dienone is 1. The summed E-state index contributed by atoms with van der Waals surface area (Å²) in [5.41, 5.74) is 1.73. The molecule has 0 heterocycles. The molecular formula is C23H29NO2. The molecule has 0 saturated carbocycles. The molecule has 2 aromatic rings. The van der Waals surface area contributed by atoms with Crippen LogP contribution in [0.15, 0.2) is 73.3 Å². The third-order valence-corrected chi connectivity index (χ3v) is 4.06. The standard InChI is InChI=1S/C23H29NO2/c1-5-12-20(22(25)26-23(2,3)4)21(19-15-10-7-11-16-19)24-17-18-13-8-6-9-14-18/h5-11,13-16,20-21,24H,1,12,17H2,2-4H3/t20-,21+/m1/s1. The number of hydrogen-bond donors (Lipinski definition) is 1. The van der Waals surface area contributed by atoms with Gasteiger partial charge in [0.05, 0.1) is 5.92 Å². The molecular weight excluding hydrogens is 322 g/mol. The van der Waals surface area contributed by atoms with Gasteiger partial charge >= 0.3 is 5.97 Å². The largest absolute Gasteiger partial charge is 0.460 e. The van der Waals surface area contributed by atoms with Crippen LogP contribution < -0.4 is 5.32 Å². The highest BCUT2D eigenvalue weighted by Gasteiger charge is 2.32. The summed E-state index contributed by atoms with van der Waals surface area (Å²) in [7, 11) is 0. The maximum absolute atomic E-state index is 12.9. The molecule has 0 fully saturated rings. The van der Waals surface area contributed by atoms with Gasteiger partial charge in [-0.05, 0) is 38.3 Å². The van der Waals surface area contributed by atoms with Gasteiger partial charge in [0.15, 0.2) is 0 Å². The Morgan fingerprint density at radius 2 is 1.65 bits per heavy atom. The molecule has 0 aliphatic heterocycles. The van der Waals surface area contributed by atoms with Crippen molar-refractivity contribution in [3.8, 4) is 0 Å². The van der Waals surface area contributed by atoms with Crippen molar-refractivity contribution in [1.29, 1.82) is 0 Å². The third kappa shape index (κ3) is 6.16.